The number of rotatable bonds is 6. The van der Waals surface area contributed by atoms with Gasteiger partial charge in [0.2, 0.25) is 0 Å². The standard InChI is InChI=1S/C20H16ClN3O3/c1-23(13-14-7-10-19(21)22-12-14)17-9-8-16(11-18(17)24(26)27)20(25)15-5-3-2-4-6-15/h2-12H,13H2,1H3. The van der Waals surface area contributed by atoms with E-state index in [1.54, 1.807) is 60.6 Å². The van der Waals surface area contributed by atoms with Gasteiger partial charge in [0.15, 0.2) is 5.78 Å². The van der Waals surface area contributed by atoms with Crippen molar-refractivity contribution in [2.75, 3.05) is 11.9 Å². The van der Waals surface area contributed by atoms with Crippen LogP contribution in [-0.2, 0) is 6.54 Å². The van der Waals surface area contributed by atoms with Crippen molar-refractivity contribution < 1.29 is 9.72 Å². The molecule has 0 spiro atoms. The zero-order valence-corrected chi connectivity index (χ0v) is 15.3. The molecule has 0 aliphatic heterocycles. The van der Waals surface area contributed by atoms with E-state index in [9.17, 15) is 14.9 Å². The average Bonchev–Trinajstić information content (AvgIpc) is 2.69. The number of aromatic nitrogens is 1. The minimum Gasteiger partial charge on any atom is -0.365 e. The topological polar surface area (TPSA) is 76.3 Å². The van der Waals surface area contributed by atoms with Crippen molar-refractivity contribution in [1.82, 2.24) is 4.98 Å². The van der Waals surface area contributed by atoms with Gasteiger partial charge in [-0.25, -0.2) is 4.98 Å². The summed E-state index contributed by atoms with van der Waals surface area (Å²) in [5.74, 6) is -0.255. The van der Waals surface area contributed by atoms with Gasteiger partial charge in [0.05, 0.1) is 4.92 Å². The molecule has 3 rings (SSSR count). The van der Waals surface area contributed by atoms with Crippen LogP contribution in [0.3, 0.4) is 0 Å². The summed E-state index contributed by atoms with van der Waals surface area (Å²) in [7, 11) is 1.75. The maximum absolute atomic E-state index is 12.6. The molecule has 2 aromatic carbocycles. The van der Waals surface area contributed by atoms with Crippen molar-refractivity contribution in [3.63, 3.8) is 0 Å². The van der Waals surface area contributed by atoms with Crippen molar-refractivity contribution in [3.8, 4) is 0 Å². The molecule has 1 aromatic heterocycles. The molecule has 7 heteroatoms. The van der Waals surface area contributed by atoms with Gasteiger partial charge in [-0.05, 0) is 23.8 Å². The largest absolute Gasteiger partial charge is 0.365 e. The van der Waals surface area contributed by atoms with Crippen LogP contribution in [0.4, 0.5) is 11.4 Å². The summed E-state index contributed by atoms with van der Waals surface area (Å²) < 4.78 is 0. The Hall–Kier alpha value is -3.25. The SMILES string of the molecule is CN(Cc1ccc(Cl)nc1)c1ccc(C(=O)c2ccccc2)cc1[N+](=O)[O-]. The predicted molar refractivity (Wildman–Crippen MR) is 104 cm³/mol. The Balaban J connectivity index is 1.90. The quantitative estimate of drug-likeness (QED) is 0.272. The maximum Gasteiger partial charge on any atom is 0.293 e. The van der Waals surface area contributed by atoms with E-state index in [-0.39, 0.29) is 17.0 Å². The second-order valence-corrected chi connectivity index (χ2v) is 6.39. The van der Waals surface area contributed by atoms with Crippen LogP contribution >= 0.6 is 11.6 Å². The number of nitrogens with zero attached hydrogens (tertiary/aromatic N) is 3. The number of anilines is 1. The maximum atomic E-state index is 12.6. The zero-order chi connectivity index (χ0) is 19.4. The lowest BCUT2D eigenvalue weighted by Crippen LogP contribution is -2.18. The molecule has 6 nitrogen and oxygen atoms in total. The summed E-state index contributed by atoms with van der Waals surface area (Å²) in [6, 6.07) is 16.7. The first kappa shape index (κ1) is 18.5. The van der Waals surface area contributed by atoms with Crippen LogP contribution < -0.4 is 4.90 Å². The molecule has 0 bridgehead atoms. The highest BCUT2D eigenvalue weighted by atomic mass is 35.5. The molecule has 0 unspecified atom stereocenters. The van der Waals surface area contributed by atoms with Crippen molar-refractivity contribution in [2.45, 2.75) is 6.54 Å². The van der Waals surface area contributed by atoms with Gasteiger partial charge in [0.1, 0.15) is 10.8 Å². The lowest BCUT2D eigenvalue weighted by Gasteiger charge is -2.19. The van der Waals surface area contributed by atoms with E-state index in [1.165, 1.54) is 6.07 Å². The number of hydrogen-bond acceptors (Lipinski definition) is 5. The summed E-state index contributed by atoms with van der Waals surface area (Å²) in [4.78, 5) is 29.4. The number of carbonyl (C=O) groups excluding carboxylic acids is 1. The number of ketones is 1. The fourth-order valence-corrected chi connectivity index (χ4v) is 2.86. The number of nitro benzene ring substituents is 1. The van der Waals surface area contributed by atoms with Crippen LogP contribution in [0.2, 0.25) is 5.15 Å². The Kier molecular flexibility index (Phi) is 5.47. The highest BCUT2D eigenvalue weighted by Crippen LogP contribution is 2.30. The number of benzene rings is 2. The average molecular weight is 382 g/mol. The van der Waals surface area contributed by atoms with Crippen LogP contribution in [0.25, 0.3) is 0 Å². The van der Waals surface area contributed by atoms with E-state index in [1.807, 2.05) is 12.1 Å². The monoisotopic (exact) mass is 381 g/mol. The first-order chi connectivity index (χ1) is 13.0. The molecule has 0 atom stereocenters. The Labute approximate surface area is 161 Å². The fraction of sp³-hybridized carbons (Fsp3) is 0.100. The molecule has 1 heterocycles. The Morgan fingerprint density at radius 3 is 2.48 bits per heavy atom. The Morgan fingerprint density at radius 2 is 1.85 bits per heavy atom. The van der Waals surface area contributed by atoms with Gasteiger partial charge in [-0.1, -0.05) is 48.0 Å². The van der Waals surface area contributed by atoms with Gasteiger partial charge in [-0.3, -0.25) is 14.9 Å². The number of hydrogen-bond donors (Lipinski definition) is 0. The number of carbonyl (C=O) groups is 1. The molecule has 3 aromatic rings. The molecular formula is C20H16ClN3O3. The van der Waals surface area contributed by atoms with Crippen LogP contribution in [0.15, 0.2) is 66.9 Å². The normalized spacial score (nSPS) is 10.4. The highest BCUT2D eigenvalue weighted by Gasteiger charge is 2.21. The lowest BCUT2D eigenvalue weighted by molar-refractivity contribution is -0.384. The minimum absolute atomic E-state index is 0.124. The van der Waals surface area contributed by atoms with Crippen LogP contribution in [-0.4, -0.2) is 22.7 Å². The van der Waals surface area contributed by atoms with Gasteiger partial charge >= 0.3 is 0 Å². The summed E-state index contributed by atoms with van der Waals surface area (Å²) in [5, 5.41) is 12.0. The van der Waals surface area contributed by atoms with Crippen LogP contribution in [0.1, 0.15) is 21.5 Å². The summed E-state index contributed by atoms with van der Waals surface area (Å²) >= 11 is 5.78. The van der Waals surface area contributed by atoms with Gasteiger partial charge in [0.25, 0.3) is 5.69 Å². The smallest absolute Gasteiger partial charge is 0.293 e. The number of halogens is 1. The first-order valence-electron chi connectivity index (χ1n) is 8.15. The molecule has 0 amide bonds. The second kappa shape index (κ2) is 7.97. The molecule has 136 valence electrons. The summed E-state index contributed by atoms with van der Waals surface area (Å²) in [5.41, 5.74) is 1.92. The molecule has 0 aliphatic rings. The Morgan fingerprint density at radius 1 is 1.11 bits per heavy atom. The van der Waals surface area contributed by atoms with Crippen molar-refractivity contribution in [2.24, 2.45) is 0 Å². The molecular weight excluding hydrogens is 366 g/mol. The molecule has 0 fully saturated rings. The zero-order valence-electron chi connectivity index (χ0n) is 14.5. The third kappa shape index (κ3) is 4.30. The van der Waals surface area contributed by atoms with Crippen molar-refractivity contribution >= 4 is 28.8 Å². The molecule has 27 heavy (non-hydrogen) atoms. The van der Waals surface area contributed by atoms with E-state index >= 15 is 0 Å². The highest BCUT2D eigenvalue weighted by molar-refractivity contribution is 6.29. The van der Waals surface area contributed by atoms with Crippen molar-refractivity contribution in [3.05, 3.63) is 98.8 Å². The second-order valence-electron chi connectivity index (χ2n) is 6.00. The van der Waals surface area contributed by atoms with E-state index in [4.69, 9.17) is 11.6 Å². The van der Waals surface area contributed by atoms with Crippen LogP contribution in [0, 0.1) is 10.1 Å². The van der Waals surface area contributed by atoms with E-state index in [2.05, 4.69) is 4.98 Å². The predicted octanol–water partition coefficient (Wildman–Crippen LogP) is 4.51. The molecule has 0 N–H and O–H groups in total. The lowest BCUT2D eigenvalue weighted by atomic mass is 10.0. The summed E-state index contributed by atoms with van der Waals surface area (Å²) in [6.07, 6.45) is 1.62. The fourth-order valence-electron chi connectivity index (χ4n) is 2.75. The third-order valence-corrected chi connectivity index (χ3v) is 4.31. The van der Waals surface area contributed by atoms with E-state index < -0.39 is 4.92 Å². The van der Waals surface area contributed by atoms with E-state index in [0.717, 1.165) is 5.56 Å². The molecule has 0 aliphatic carbocycles. The Bertz CT molecular complexity index is 976. The van der Waals surface area contributed by atoms with Crippen molar-refractivity contribution in [1.29, 1.82) is 0 Å². The summed E-state index contributed by atoms with van der Waals surface area (Å²) in [6.45, 7) is 0.414. The first-order valence-corrected chi connectivity index (χ1v) is 8.53. The molecule has 0 saturated heterocycles. The van der Waals surface area contributed by atoms with Gasteiger partial charge in [-0.15, -0.1) is 0 Å². The number of pyridine rings is 1. The third-order valence-electron chi connectivity index (χ3n) is 4.09. The molecule has 0 radical (unpaired) electrons. The number of nitro groups is 1. The van der Waals surface area contributed by atoms with E-state index in [0.29, 0.717) is 22.9 Å². The van der Waals surface area contributed by atoms with Gasteiger partial charge in [-0.2, -0.15) is 0 Å². The van der Waals surface area contributed by atoms with Gasteiger partial charge < -0.3 is 4.90 Å². The minimum atomic E-state index is -0.478. The van der Waals surface area contributed by atoms with Gasteiger partial charge in [0, 0.05) is 37.0 Å². The molecule has 0 saturated carbocycles. The van der Waals surface area contributed by atoms with Crippen LogP contribution in [0.5, 0.6) is 0 Å².